The third kappa shape index (κ3) is 4.40. The highest BCUT2D eigenvalue weighted by atomic mass is 16.5. The van der Waals surface area contributed by atoms with E-state index in [9.17, 15) is 9.59 Å². The summed E-state index contributed by atoms with van der Waals surface area (Å²) in [6.07, 6.45) is 1.29. The SMILES string of the molecule is COc1ccc(CCNC(=O)[C@@H]2c3ccccc3C(=O)N3CCc4cc(OC)c(OC)cc4[C@H]23)cc1OC. The summed E-state index contributed by atoms with van der Waals surface area (Å²) in [6.45, 7) is 0.960. The third-order valence-corrected chi connectivity index (χ3v) is 7.47. The number of nitrogens with zero attached hydrogens (tertiary/aromatic N) is 1. The lowest BCUT2D eigenvalue weighted by Gasteiger charge is -2.45. The Balaban J connectivity index is 1.46. The van der Waals surface area contributed by atoms with Gasteiger partial charge in [-0.2, -0.15) is 0 Å². The van der Waals surface area contributed by atoms with Crippen LogP contribution in [0.1, 0.15) is 44.6 Å². The van der Waals surface area contributed by atoms with E-state index < -0.39 is 12.0 Å². The number of benzene rings is 3. The van der Waals surface area contributed by atoms with Crippen LogP contribution in [0.15, 0.2) is 54.6 Å². The first kappa shape index (κ1) is 25.4. The Morgan fingerprint density at radius 2 is 1.55 bits per heavy atom. The lowest BCUT2D eigenvalue weighted by atomic mass is 9.75. The van der Waals surface area contributed by atoms with Gasteiger partial charge in [0.05, 0.1) is 40.4 Å². The highest BCUT2D eigenvalue weighted by molar-refractivity contribution is 6.01. The Morgan fingerprint density at radius 3 is 2.29 bits per heavy atom. The highest BCUT2D eigenvalue weighted by Crippen LogP contribution is 2.48. The first-order chi connectivity index (χ1) is 18.5. The van der Waals surface area contributed by atoms with Crippen LogP contribution in [0.25, 0.3) is 0 Å². The quantitative estimate of drug-likeness (QED) is 0.489. The first-order valence-corrected chi connectivity index (χ1v) is 12.6. The van der Waals surface area contributed by atoms with Crippen LogP contribution < -0.4 is 24.3 Å². The van der Waals surface area contributed by atoms with Gasteiger partial charge in [0, 0.05) is 18.7 Å². The summed E-state index contributed by atoms with van der Waals surface area (Å²) < 4.78 is 21.8. The maximum atomic E-state index is 13.9. The van der Waals surface area contributed by atoms with Crippen LogP contribution >= 0.6 is 0 Å². The minimum atomic E-state index is -0.563. The van der Waals surface area contributed by atoms with Gasteiger partial charge in [-0.15, -0.1) is 0 Å². The molecule has 3 aromatic rings. The number of methoxy groups -OCH3 is 4. The van der Waals surface area contributed by atoms with Gasteiger partial charge in [0.15, 0.2) is 23.0 Å². The van der Waals surface area contributed by atoms with Crippen molar-refractivity contribution in [1.82, 2.24) is 10.2 Å². The van der Waals surface area contributed by atoms with E-state index in [1.807, 2.05) is 59.5 Å². The Labute approximate surface area is 222 Å². The molecule has 0 saturated carbocycles. The molecule has 0 unspecified atom stereocenters. The van der Waals surface area contributed by atoms with Crippen LogP contribution in [0, 0.1) is 0 Å². The molecule has 8 heteroatoms. The predicted octanol–water partition coefficient (Wildman–Crippen LogP) is 3.92. The number of hydrogen-bond acceptors (Lipinski definition) is 6. The molecule has 0 aromatic heterocycles. The molecule has 2 amide bonds. The van der Waals surface area contributed by atoms with E-state index in [1.54, 1.807) is 28.4 Å². The van der Waals surface area contributed by atoms with Crippen molar-refractivity contribution in [3.63, 3.8) is 0 Å². The third-order valence-electron chi connectivity index (χ3n) is 7.47. The van der Waals surface area contributed by atoms with E-state index in [1.165, 1.54) is 0 Å². The summed E-state index contributed by atoms with van der Waals surface area (Å²) in [7, 11) is 6.39. The van der Waals surface area contributed by atoms with Crippen molar-refractivity contribution in [3.05, 3.63) is 82.4 Å². The lowest BCUT2D eigenvalue weighted by molar-refractivity contribution is -0.124. The lowest BCUT2D eigenvalue weighted by Crippen LogP contribution is -2.50. The summed E-state index contributed by atoms with van der Waals surface area (Å²) in [6, 6.07) is 16.6. The molecule has 3 aromatic carbocycles. The normalized spacial score (nSPS) is 17.6. The molecule has 1 N–H and O–H groups in total. The van der Waals surface area contributed by atoms with E-state index in [0.29, 0.717) is 54.5 Å². The van der Waals surface area contributed by atoms with Gasteiger partial charge in [0.2, 0.25) is 5.91 Å². The van der Waals surface area contributed by atoms with Crippen molar-refractivity contribution in [2.24, 2.45) is 0 Å². The summed E-state index contributed by atoms with van der Waals surface area (Å²) in [5.74, 6) is 1.78. The molecule has 2 atom stereocenters. The van der Waals surface area contributed by atoms with Crippen LogP contribution in [-0.2, 0) is 17.6 Å². The summed E-state index contributed by atoms with van der Waals surface area (Å²) >= 11 is 0. The van der Waals surface area contributed by atoms with E-state index in [0.717, 1.165) is 22.3 Å². The van der Waals surface area contributed by atoms with Gasteiger partial charge in [-0.1, -0.05) is 24.3 Å². The molecule has 2 heterocycles. The summed E-state index contributed by atoms with van der Waals surface area (Å²) in [5, 5.41) is 3.13. The Morgan fingerprint density at radius 1 is 0.868 bits per heavy atom. The standard InChI is InChI=1S/C30H32N2O6/c1-35-23-10-9-18(15-24(23)36-2)11-13-31-29(33)27-20-7-5-6-8-21(20)30(34)32-14-12-19-16-25(37-3)26(38-4)17-22(19)28(27)32/h5-10,15-17,27-28H,11-14H2,1-4H3,(H,31,33)/t27-,28-/m1/s1. The van der Waals surface area contributed by atoms with Gasteiger partial charge in [-0.05, 0) is 65.4 Å². The number of amides is 2. The second-order valence-electron chi connectivity index (χ2n) is 9.39. The molecule has 2 aliphatic heterocycles. The maximum absolute atomic E-state index is 13.9. The molecule has 0 fully saturated rings. The van der Waals surface area contributed by atoms with Gasteiger partial charge in [-0.3, -0.25) is 9.59 Å². The monoisotopic (exact) mass is 516 g/mol. The van der Waals surface area contributed by atoms with Crippen LogP contribution in [0.5, 0.6) is 23.0 Å². The molecule has 198 valence electrons. The zero-order chi connectivity index (χ0) is 26.8. The number of nitrogens with one attached hydrogen (secondary N) is 1. The van der Waals surface area contributed by atoms with E-state index in [2.05, 4.69) is 5.32 Å². The van der Waals surface area contributed by atoms with E-state index in [-0.39, 0.29) is 11.8 Å². The van der Waals surface area contributed by atoms with Crippen LogP contribution in [0.3, 0.4) is 0 Å². The van der Waals surface area contributed by atoms with Gasteiger partial charge < -0.3 is 29.2 Å². The number of carbonyl (C=O) groups excluding carboxylic acids is 2. The number of carbonyl (C=O) groups is 2. The highest BCUT2D eigenvalue weighted by Gasteiger charge is 2.46. The van der Waals surface area contributed by atoms with Crippen LogP contribution in [0.2, 0.25) is 0 Å². The van der Waals surface area contributed by atoms with Gasteiger partial charge in [0.1, 0.15) is 0 Å². The van der Waals surface area contributed by atoms with Crippen molar-refractivity contribution in [2.75, 3.05) is 41.5 Å². The zero-order valence-electron chi connectivity index (χ0n) is 22.1. The second kappa shape index (κ2) is 10.7. The molecule has 0 radical (unpaired) electrons. The molecule has 5 rings (SSSR count). The number of ether oxygens (including phenoxy) is 4. The molecule has 38 heavy (non-hydrogen) atoms. The summed E-state index contributed by atoms with van der Waals surface area (Å²) in [4.78, 5) is 29.2. The second-order valence-corrected chi connectivity index (χ2v) is 9.39. The van der Waals surface area contributed by atoms with Crippen molar-refractivity contribution < 1.29 is 28.5 Å². The van der Waals surface area contributed by atoms with E-state index in [4.69, 9.17) is 18.9 Å². The Hall–Kier alpha value is -4.20. The fraction of sp³-hybridized carbons (Fsp3) is 0.333. The van der Waals surface area contributed by atoms with Gasteiger partial charge >= 0.3 is 0 Å². The fourth-order valence-electron chi connectivity index (χ4n) is 5.61. The van der Waals surface area contributed by atoms with Crippen molar-refractivity contribution in [3.8, 4) is 23.0 Å². The van der Waals surface area contributed by atoms with Crippen molar-refractivity contribution >= 4 is 11.8 Å². The molecule has 0 bridgehead atoms. The first-order valence-electron chi connectivity index (χ1n) is 12.6. The van der Waals surface area contributed by atoms with Crippen molar-refractivity contribution in [2.45, 2.75) is 24.8 Å². The molecule has 0 aliphatic carbocycles. The molecule has 0 saturated heterocycles. The summed E-state index contributed by atoms with van der Waals surface area (Å²) in [5.41, 5.74) is 4.30. The molecule has 2 aliphatic rings. The Kier molecular flexibility index (Phi) is 7.13. The predicted molar refractivity (Wildman–Crippen MR) is 142 cm³/mol. The Bertz CT molecular complexity index is 1370. The van der Waals surface area contributed by atoms with Crippen LogP contribution in [-0.4, -0.2) is 58.2 Å². The van der Waals surface area contributed by atoms with Crippen LogP contribution in [0.4, 0.5) is 0 Å². The average Bonchev–Trinajstić information content (AvgIpc) is 2.96. The zero-order valence-corrected chi connectivity index (χ0v) is 22.1. The van der Waals surface area contributed by atoms with Crippen molar-refractivity contribution in [1.29, 1.82) is 0 Å². The minimum absolute atomic E-state index is 0.0552. The number of rotatable bonds is 8. The smallest absolute Gasteiger partial charge is 0.254 e. The van der Waals surface area contributed by atoms with Gasteiger partial charge in [-0.25, -0.2) is 0 Å². The molecular formula is C30H32N2O6. The molecule has 0 spiro atoms. The van der Waals surface area contributed by atoms with E-state index >= 15 is 0 Å². The topological polar surface area (TPSA) is 86.3 Å². The average molecular weight is 517 g/mol. The minimum Gasteiger partial charge on any atom is -0.493 e. The molecule has 8 nitrogen and oxygen atoms in total. The van der Waals surface area contributed by atoms with Gasteiger partial charge in [0.25, 0.3) is 5.91 Å². The number of hydrogen-bond donors (Lipinski definition) is 1. The number of fused-ring (bicyclic) bond motifs is 4. The fourth-order valence-corrected chi connectivity index (χ4v) is 5.61. The largest absolute Gasteiger partial charge is 0.493 e. The molecular weight excluding hydrogens is 484 g/mol. The maximum Gasteiger partial charge on any atom is 0.254 e.